The third-order valence-corrected chi connectivity index (χ3v) is 3.41. The zero-order valence-corrected chi connectivity index (χ0v) is 17.5. The summed E-state index contributed by atoms with van der Waals surface area (Å²) in [6, 6.07) is 0. The largest absolute Gasteiger partial charge is 1.00 e. The minimum atomic E-state index is -4.56. The van der Waals surface area contributed by atoms with Gasteiger partial charge in [-0.2, -0.15) is 4.98 Å². The van der Waals surface area contributed by atoms with Crippen molar-refractivity contribution in [2.45, 2.75) is 12.8 Å². The molecule has 0 radical (unpaired) electrons. The van der Waals surface area contributed by atoms with Gasteiger partial charge < -0.3 is 30.5 Å². The smallest absolute Gasteiger partial charge is 0.857 e. The summed E-state index contributed by atoms with van der Waals surface area (Å²) in [5.74, 6) is -0.873. The number of rotatable bonds is 6. The Balaban J connectivity index is 0.00000242. The SMILES string of the molecule is Nc1nc([O-])c2ncn(COC(CO)C[P+]([O-])([O-])O)c2n1.[Na+].[Na+]. The number of aromatic nitrogens is 4. The molecule has 0 bridgehead atoms. The van der Waals surface area contributed by atoms with Crippen molar-refractivity contribution >= 4 is 25.1 Å². The van der Waals surface area contributed by atoms with E-state index in [2.05, 4.69) is 15.0 Å². The maximum absolute atomic E-state index is 11.5. The van der Waals surface area contributed by atoms with E-state index in [0.29, 0.717) is 0 Å². The molecule has 0 aliphatic carbocycles. The number of ether oxygens (including phenoxy) is 1. The standard InChI is InChI=1S/C9H14N5O6P.2Na/c10-9-12-7-6(8(16)13-9)11-3-14(7)4-20-5(1-15)2-21(17,18)19;;/h3,5,15H,1-2,4H2,(H2,17,18,19)(H3,10,12,13,16);;/q;2*+1/p-2. The molecule has 0 aliphatic heterocycles. The fourth-order valence-electron chi connectivity index (χ4n) is 1.64. The Hall–Kier alpha value is 0.380. The fraction of sp³-hybridized carbons (Fsp3) is 0.444. The van der Waals surface area contributed by atoms with E-state index in [-0.39, 0.29) is 83.0 Å². The van der Waals surface area contributed by atoms with E-state index in [4.69, 9.17) is 20.5 Å². The molecule has 1 unspecified atom stereocenters. The minimum absolute atomic E-state index is 0. The number of nitrogens with two attached hydrogens (primary N) is 1. The number of anilines is 1. The first-order valence-electron chi connectivity index (χ1n) is 5.71. The summed E-state index contributed by atoms with van der Waals surface area (Å²) in [4.78, 5) is 41.3. The van der Waals surface area contributed by atoms with Gasteiger partial charge in [0.25, 0.3) is 0 Å². The average Bonchev–Trinajstić information content (AvgIpc) is 2.76. The molecule has 2 rings (SSSR count). The van der Waals surface area contributed by atoms with Gasteiger partial charge in [0.2, 0.25) is 5.95 Å². The summed E-state index contributed by atoms with van der Waals surface area (Å²) in [5, 5.41) is 20.5. The predicted octanol–water partition coefficient (Wildman–Crippen LogP) is -9.70. The van der Waals surface area contributed by atoms with Crippen LogP contribution in [0.5, 0.6) is 5.88 Å². The second-order valence-electron chi connectivity index (χ2n) is 4.19. The number of aliphatic hydroxyl groups is 1. The summed E-state index contributed by atoms with van der Waals surface area (Å²) in [7, 11) is -4.56. The number of hydrogen-bond acceptors (Lipinski definition) is 10. The van der Waals surface area contributed by atoms with Crippen LogP contribution in [0.25, 0.3) is 11.2 Å². The average molecular weight is 363 g/mol. The van der Waals surface area contributed by atoms with Gasteiger partial charge in [0.15, 0.2) is 5.65 Å². The molecule has 2 heterocycles. The van der Waals surface area contributed by atoms with Crippen molar-refractivity contribution in [2.75, 3.05) is 18.5 Å². The molecule has 23 heavy (non-hydrogen) atoms. The van der Waals surface area contributed by atoms with Gasteiger partial charge in [0.1, 0.15) is 24.5 Å². The van der Waals surface area contributed by atoms with Crippen molar-refractivity contribution < 1.29 is 88.7 Å². The van der Waals surface area contributed by atoms with Gasteiger partial charge in [0, 0.05) is 13.8 Å². The zero-order chi connectivity index (χ0) is 15.6. The van der Waals surface area contributed by atoms with Crippen LogP contribution in [0, 0.1) is 0 Å². The molecule has 0 aromatic carbocycles. The van der Waals surface area contributed by atoms with E-state index in [1.54, 1.807) is 0 Å². The Morgan fingerprint density at radius 1 is 1.35 bits per heavy atom. The van der Waals surface area contributed by atoms with Crippen LogP contribution in [0.4, 0.5) is 5.95 Å². The number of nitrogens with zero attached hydrogens (tertiary/aromatic N) is 4. The maximum Gasteiger partial charge on any atom is 1.00 e. The summed E-state index contributed by atoms with van der Waals surface area (Å²) < 4.78 is 6.43. The van der Waals surface area contributed by atoms with Gasteiger partial charge >= 0.3 is 59.1 Å². The molecule has 0 amide bonds. The van der Waals surface area contributed by atoms with Crippen LogP contribution in [0.15, 0.2) is 6.33 Å². The number of aliphatic hydroxyl groups excluding tert-OH is 1. The van der Waals surface area contributed by atoms with Gasteiger partial charge in [-0.15, -0.1) is 0 Å². The van der Waals surface area contributed by atoms with Crippen molar-refractivity contribution in [3.63, 3.8) is 0 Å². The van der Waals surface area contributed by atoms with Crippen molar-refractivity contribution in [1.82, 2.24) is 19.5 Å². The van der Waals surface area contributed by atoms with Gasteiger partial charge in [-0.3, -0.25) is 9.46 Å². The van der Waals surface area contributed by atoms with Crippen LogP contribution in [0.1, 0.15) is 0 Å². The normalized spacial score (nSPS) is 12.5. The van der Waals surface area contributed by atoms with Gasteiger partial charge in [-0.05, 0) is 0 Å². The first kappa shape index (κ1) is 23.4. The molecule has 0 fully saturated rings. The summed E-state index contributed by atoms with van der Waals surface area (Å²) >= 11 is 0. The van der Waals surface area contributed by atoms with E-state index in [0.717, 1.165) is 0 Å². The molecule has 2 aromatic rings. The van der Waals surface area contributed by atoms with Gasteiger partial charge in [0.05, 0.1) is 12.9 Å². The van der Waals surface area contributed by atoms with Crippen LogP contribution in [0.3, 0.4) is 0 Å². The molecule has 11 nitrogen and oxygen atoms in total. The Kier molecular flexibility index (Phi) is 9.92. The van der Waals surface area contributed by atoms with Crippen LogP contribution in [0.2, 0.25) is 0 Å². The number of fused-ring (bicyclic) bond motifs is 1. The Labute approximate surface area is 175 Å². The Morgan fingerprint density at radius 3 is 2.57 bits per heavy atom. The molecule has 2 aromatic heterocycles. The van der Waals surface area contributed by atoms with Crippen LogP contribution < -0.4 is 79.7 Å². The van der Waals surface area contributed by atoms with Crippen LogP contribution in [-0.2, 0) is 11.5 Å². The molecule has 0 saturated heterocycles. The molecule has 14 heteroatoms. The van der Waals surface area contributed by atoms with Crippen molar-refractivity contribution in [2.24, 2.45) is 0 Å². The van der Waals surface area contributed by atoms with Gasteiger partial charge in [-0.1, -0.05) is 0 Å². The number of hydrogen-bond donors (Lipinski definition) is 3. The molecule has 116 valence electrons. The topological polar surface area (TPSA) is 188 Å². The first-order chi connectivity index (χ1) is 9.80. The summed E-state index contributed by atoms with van der Waals surface area (Å²) in [5.41, 5.74) is 5.48. The van der Waals surface area contributed by atoms with Crippen LogP contribution in [-0.4, -0.2) is 48.4 Å². The second kappa shape index (κ2) is 9.76. The summed E-state index contributed by atoms with van der Waals surface area (Å²) in [6.45, 7) is -0.846. The first-order valence-corrected chi connectivity index (χ1v) is 7.47. The second-order valence-corrected chi connectivity index (χ2v) is 5.83. The van der Waals surface area contributed by atoms with E-state index in [9.17, 15) is 14.9 Å². The zero-order valence-electron chi connectivity index (χ0n) is 12.6. The monoisotopic (exact) mass is 363 g/mol. The summed E-state index contributed by atoms with van der Waals surface area (Å²) in [6.07, 6.45) is -0.619. The van der Waals surface area contributed by atoms with Crippen molar-refractivity contribution in [3.8, 4) is 5.88 Å². The van der Waals surface area contributed by atoms with Crippen LogP contribution >= 0.6 is 7.94 Å². The fourth-order valence-corrected chi connectivity index (χ4v) is 2.37. The quantitative estimate of drug-likeness (QED) is 0.328. The van der Waals surface area contributed by atoms with E-state index >= 15 is 0 Å². The van der Waals surface area contributed by atoms with Crippen molar-refractivity contribution in [3.05, 3.63) is 6.33 Å². The van der Waals surface area contributed by atoms with E-state index in [1.165, 1.54) is 10.9 Å². The Bertz CT molecular complexity index is 639. The minimum Gasteiger partial charge on any atom is -0.857 e. The Morgan fingerprint density at radius 2 is 2.00 bits per heavy atom. The third-order valence-electron chi connectivity index (χ3n) is 2.54. The molecule has 1 atom stereocenters. The molecule has 0 saturated carbocycles. The molecule has 4 N–H and O–H groups in total. The predicted molar refractivity (Wildman–Crippen MR) is 65.1 cm³/mol. The molecule has 0 spiro atoms. The number of nitrogen functional groups attached to an aromatic ring is 1. The van der Waals surface area contributed by atoms with Gasteiger partial charge in [-0.25, -0.2) is 9.97 Å². The molecular weight excluding hydrogens is 351 g/mol. The van der Waals surface area contributed by atoms with Crippen molar-refractivity contribution in [1.29, 1.82) is 0 Å². The van der Waals surface area contributed by atoms with E-state index < -0.39 is 32.7 Å². The van der Waals surface area contributed by atoms with E-state index in [1.807, 2.05) is 0 Å². The number of imidazole rings is 1. The molecular formula is C9H12N5Na2O6P. The molecule has 0 aliphatic rings. The third kappa shape index (κ3) is 6.65. The maximum atomic E-state index is 11.5.